The second-order valence-electron chi connectivity index (χ2n) is 5.37. The second kappa shape index (κ2) is 4.85. The molecule has 0 bridgehead atoms. The first-order valence-corrected chi connectivity index (χ1v) is 6.89. The van der Waals surface area contributed by atoms with E-state index in [1.807, 2.05) is 12.1 Å². The number of carbonyl (C=O) groups is 1. The first kappa shape index (κ1) is 12.5. The highest BCUT2D eigenvalue weighted by Gasteiger charge is 2.38. The smallest absolute Gasteiger partial charge is 0.172 e. The maximum absolute atomic E-state index is 11.1. The van der Waals surface area contributed by atoms with Crippen LogP contribution in [0.3, 0.4) is 0 Å². The van der Waals surface area contributed by atoms with Crippen LogP contribution in [0.5, 0.6) is 11.5 Å². The molecule has 4 nitrogen and oxygen atoms in total. The highest BCUT2D eigenvalue weighted by Crippen LogP contribution is 2.48. The third-order valence-corrected chi connectivity index (χ3v) is 4.37. The van der Waals surface area contributed by atoms with Crippen molar-refractivity contribution in [2.24, 2.45) is 5.73 Å². The molecule has 0 saturated heterocycles. The number of hydrogen-bond donors (Lipinski definition) is 1. The fourth-order valence-electron chi connectivity index (χ4n) is 3.30. The van der Waals surface area contributed by atoms with Gasteiger partial charge in [0, 0.05) is 17.5 Å². The predicted octanol–water partition coefficient (Wildman–Crippen LogP) is 2.04. The molecule has 1 aromatic rings. The number of nitrogens with two attached hydrogens (primary N) is 1. The van der Waals surface area contributed by atoms with Gasteiger partial charge in [0.2, 0.25) is 0 Å². The molecular weight excluding hydrogens is 242 g/mol. The maximum Gasteiger partial charge on any atom is 0.172 e. The fourth-order valence-corrected chi connectivity index (χ4v) is 3.30. The monoisotopic (exact) mass is 261 g/mol. The van der Waals surface area contributed by atoms with Crippen molar-refractivity contribution >= 4 is 6.29 Å². The summed E-state index contributed by atoms with van der Waals surface area (Å²) in [5, 5.41) is 0. The van der Waals surface area contributed by atoms with Gasteiger partial charge in [-0.05, 0) is 18.9 Å². The summed E-state index contributed by atoms with van der Waals surface area (Å²) in [6, 6.07) is 3.82. The molecule has 19 heavy (non-hydrogen) atoms. The molecule has 2 N–H and O–H groups in total. The highest BCUT2D eigenvalue weighted by atomic mass is 16.6. The molecule has 1 aliphatic carbocycles. The summed E-state index contributed by atoms with van der Waals surface area (Å²) in [5.74, 6) is 1.33. The molecule has 1 aromatic carbocycles. The molecule has 0 spiro atoms. The summed E-state index contributed by atoms with van der Waals surface area (Å²) in [7, 11) is 0. The van der Waals surface area contributed by atoms with Crippen LogP contribution in [-0.2, 0) is 5.41 Å². The largest absolute Gasteiger partial charge is 0.486 e. The standard InChI is InChI=1S/C15H19NO3/c16-10-15(5-1-2-6-15)12-4-3-11(9-17)13-14(12)19-8-7-18-13/h3-4,9H,1-2,5-8,10,16H2. The lowest BCUT2D eigenvalue weighted by molar-refractivity contribution is 0.111. The lowest BCUT2D eigenvalue weighted by Crippen LogP contribution is -2.33. The van der Waals surface area contributed by atoms with Gasteiger partial charge in [-0.3, -0.25) is 4.79 Å². The second-order valence-corrected chi connectivity index (χ2v) is 5.37. The quantitative estimate of drug-likeness (QED) is 0.846. The molecule has 3 rings (SSSR count). The van der Waals surface area contributed by atoms with E-state index in [0.29, 0.717) is 31.1 Å². The molecule has 0 atom stereocenters. The van der Waals surface area contributed by atoms with Gasteiger partial charge >= 0.3 is 0 Å². The van der Waals surface area contributed by atoms with E-state index in [1.54, 1.807) is 0 Å². The molecule has 0 radical (unpaired) electrons. The van der Waals surface area contributed by atoms with E-state index in [2.05, 4.69) is 0 Å². The van der Waals surface area contributed by atoms with Crippen LogP contribution in [-0.4, -0.2) is 26.0 Å². The minimum absolute atomic E-state index is 0.00774. The molecule has 102 valence electrons. The van der Waals surface area contributed by atoms with Crippen molar-refractivity contribution in [2.45, 2.75) is 31.1 Å². The van der Waals surface area contributed by atoms with Crippen molar-refractivity contribution in [3.63, 3.8) is 0 Å². The number of carbonyl (C=O) groups excluding carboxylic acids is 1. The Kier molecular flexibility index (Phi) is 3.19. The van der Waals surface area contributed by atoms with Crippen LogP contribution in [0.1, 0.15) is 41.6 Å². The Bertz CT molecular complexity index is 492. The topological polar surface area (TPSA) is 61.6 Å². The molecule has 0 unspecified atom stereocenters. The molecule has 1 fully saturated rings. The van der Waals surface area contributed by atoms with Crippen LogP contribution in [0.25, 0.3) is 0 Å². The van der Waals surface area contributed by atoms with E-state index in [4.69, 9.17) is 15.2 Å². The van der Waals surface area contributed by atoms with E-state index in [-0.39, 0.29) is 5.41 Å². The minimum atomic E-state index is -0.00774. The predicted molar refractivity (Wildman–Crippen MR) is 72.0 cm³/mol. The Labute approximate surface area is 112 Å². The third-order valence-electron chi connectivity index (χ3n) is 4.37. The van der Waals surface area contributed by atoms with Crippen LogP contribution in [0.15, 0.2) is 12.1 Å². The van der Waals surface area contributed by atoms with Crippen molar-refractivity contribution < 1.29 is 14.3 Å². The number of aldehydes is 1. The SMILES string of the molecule is NCC1(c2ccc(C=O)c3c2OCCO3)CCCC1. The van der Waals surface area contributed by atoms with Crippen molar-refractivity contribution in [3.8, 4) is 11.5 Å². The van der Waals surface area contributed by atoms with Gasteiger partial charge in [-0.2, -0.15) is 0 Å². The van der Waals surface area contributed by atoms with E-state index in [9.17, 15) is 4.79 Å². The van der Waals surface area contributed by atoms with Crippen molar-refractivity contribution in [2.75, 3.05) is 19.8 Å². The van der Waals surface area contributed by atoms with Gasteiger partial charge in [0.25, 0.3) is 0 Å². The number of fused-ring (bicyclic) bond motifs is 1. The molecule has 1 saturated carbocycles. The Balaban J connectivity index is 2.14. The first-order chi connectivity index (χ1) is 9.30. The molecule has 2 aliphatic rings. The number of rotatable bonds is 3. The lowest BCUT2D eigenvalue weighted by Gasteiger charge is -2.32. The van der Waals surface area contributed by atoms with E-state index in [1.165, 1.54) is 12.8 Å². The summed E-state index contributed by atoms with van der Waals surface area (Å²) in [5.41, 5.74) is 7.71. The molecule has 4 heteroatoms. The van der Waals surface area contributed by atoms with Gasteiger partial charge in [-0.15, -0.1) is 0 Å². The van der Waals surface area contributed by atoms with Crippen molar-refractivity contribution in [1.82, 2.24) is 0 Å². The van der Waals surface area contributed by atoms with Gasteiger partial charge in [0.05, 0.1) is 5.56 Å². The van der Waals surface area contributed by atoms with Gasteiger partial charge in [-0.1, -0.05) is 18.9 Å². The Morgan fingerprint density at radius 1 is 1.16 bits per heavy atom. The molecule has 1 heterocycles. The molecular formula is C15H19NO3. The fraction of sp³-hybridized carbons (Fsp3) is 0.533. The summed E-state index contributed by atoms with van der Waals surface area (Å²) in [6.45, 7) is 1.64. The summed E-state index contributed by atoms with van der Waals surface area (Å²) in [6.07, 6.45) is 5.38. The first-order valence-electron chi connectivity index (χ1n) is 6.89. The zero-order valence-electron chi connectivity index (χ0n) is 11.0. The maximum atomic E-state index is 11.1. The average molecular weight is 261 g/mol. The van der Waals surface area contributed by atoms with Gasteiger partial charge in [0.1, 0.15) is 13.2 Å². The summed E-state index contributed by atoms with van der Waals surface area (Å²) >= 11 is 0. The number of ether oxygens (including phenoxy) is 2. The number of hydrogen-bond acceptors (Lipinski definition) is 4. The zero-order valence-corrected chi connectivity index (χ0v) is 11.0. The Morgan fingerprint density at radius 3 is 2.47 bits per heavy atom. The third kappa shape index (κ3) is 1.91. The number of benzene rings is 1. The molecule has 1 aliphatic heterocycles. The van der Waals surface area contributed by atoms with Crippen LogP contribution >= 0.6 is 0 Å². The van der Waals surface area contributed by atoms with Crippen LogP contribution < -0.4 is 15.2 Å². The zero-order chi connectivity index (χ0) is 13.3. The molecule has 0 amide bonds. The van der Waals surface area contributed by atoms with Gasteiger partial charge < -0.3 is 15.2 Å². The lowest BCUT2D eigenvalue weighted by atomic mass is 9.78. The van der Waals surface area contributed by atoms with Crippen molar-refractivity contribution in [3.05, 3.63) is 23.3 Å². The van der Waals surface area contributed by atoms with Crippen molar-refractivity contribution in [1.29, 1.82) is 0 Å². The Morgan fingerprint density at radius 2 is 1.84 bits per heavy atom. The van der Waals surface area contributed by atoms with Gasteiger partial charge in [-0.25, -0.2) is 0 Å². The van der Waals surface area contributed by atoms with E-state index >= 15 is 0 Å². The molecule has 0 aromatic heterocycles. The van der Waals surface area contributed by atoms with E-state index < -0.39 is 0 Å². The van der Waals surface area contributed by atoms with Crippen LogP contribution in [0.4, 0.5) is 0 Å². The Hall–Kier alpha value is -1.55. The summed E-state index contributed by atoms with van der Waals surface area (Å²) in [4.78, 5) is 11.1. The minimum Gasteiger partial charge on any atom is -0.486 e. The van der Waals surface area contributed by atoms with Gasteiger partial charge in [0.15, 0.2) is 17.8 Å². The van der Waals surface area contributed by atoms with Crippen LogP contribution in [0.2, 0.25) is 0 Å². The normalized spacial score (nSPS) is 20.3. The summed E-state index contributed by atoms with van der Waals surface area (Å²) < 4.78 is 11.4. The van der Waals surface area contributed by atoms with Crippen LogP contribution in [0, 0.1) is 0 Å². The highest BCUT2D eigenvalue weighted by molar-refractivity contribution is 5.82. The average Bonchev–Trinajstić information content (AvgIpc) is 2.96. The van der Waals surface area contributed by atoms with E-state index in [0.717, 1.165) is 30.4 Å².